The molecule has 0 aliphatic carbocycles. The molecule has 0 saturated carbocycles. The van der Waals surface area contributed by atoms with Crippen LogP contribution in [-0.4, -0.2) is 29.6 Å². The van der Waals surface area contributed by atoms with Crippen LogP contribution in [0.25, 0.3) is 0 Å². The molecule has 1 aromatic rings. The highest BCUT2D eigenvalue weighted by Gasteiger charge is 2.28. The van der Waals surface area contributed by atoms with Gasteiger partial charge in [-0.3, -0.25) is 4.79 Å². The number of rotatable bonds is 5. The van der Waals surface area contributed by atoms with E-state index in [-0.39, 0.29) is 5.82 Å². The molecule has 0 unspecified atom stereocenters. The molecule has 4 heteroatoms. The number of hydrogen-bond donors (Lipinski definition) is 1. The molecule has 0 spiro atoms. The van der Waals surface area contributed by atoms with Crippen molar-refractivity contribution in [3.63, 3.8) is 0 Å². The number of carboxylic acids is 1. The van der Waals surface area contributed by atoms with Gasteiger partial charge in [-0.2, -0.15) is 0 Å². The summed E-state index contributed by atoms with van der Waals surface area (Å²) in [5.74, 6) is -1.08. The van der Waals surface area contributed by atoms with Gasteiger partial charge in [0.15, 0.2) is 0 Å². The lowest BCUT2D eigenvalue weighted by Crippen LogP contribution is -2.36. The first-order chi connectivity index (χ1) is 7.81. The van der Waals surface area contributed by atoms with E-state index in [9.17, 15) is 9.18 Å². The second-order valence-corrected chi connectivity index (χ2v) is 4.99. The average Bonchev–Trinajstić information content (AvgIpc) is 2.20. The fraction of sp³-hybridized carbons (Fsp3) is 0.462. The molecule has 17 heavy (non-hydrogen) atoms. The summed E-state index contributed by atoms with van der Waals surface area (Å²) in [6, 6.07) is 6.23. The lowest BCUT2D eigenvalue weighted by molar-refractivity contribution is -0.147. The molecule has 0 fully saturated rings. The summed E-state index contributed by atoms with van der Waals surface area (Å²) in [6.07, 6.45) is 0. The number of aliphatic carboxylic acids is 1. The minimum atomic E-state index is -0.816. The fourth-order valence-electron chi connectivity index (χ4n) is 1.70. The van der Waals surface area contributed by atoms with E-state index in [1.807, 2.05) is 11.9 Å². The third-order valence-electron chi connectivity index (χ3n) is 2.61. The Morgan fingerprint density at radius 2 is 1.88 bits per heavy atom. The van der Waals surface area contributed by atoms with E-state index in [0.717, 1.165) is 5.56 Å². The van der Waals surface area contributed by atoms with Gasteiger partial charge < -0.3 is 10.0 Å². The Balaban J connectivity index is 2.58. The molecule has 0 aliphatic heterocycles. The lowest BCUT2D eigenvalue weighted by atomic mass is 9.93. The quantitative estimate of drug-likeness (QED) is 0.857. The summed E-state index contributed by atoms with van der Waals surface area (Å²) in [5.41, 5.74) is 0.185. The minimum absolute atomic E-state index is 0.262. The molecule has 94 valence electrons. The first-order valence-corrected chi connectivity index (χ1v) is 5.47. The summed E-state index contributed by atoms with van der Waals surface area (Å²) in [7, 11) is 1.86. The van der Waals surface area contributed by atoms with Crippen LogP contribution in [0, 0.1) is 11.2 Å². The maximum Gasteiger partial charge on any atom is 0.310 e. The number of carboxylic acid groups (broad SMARTS) is 1. The predicted molar refractivity (Wildman–Crippen MR) is 64.2 cm³/mol. The van der Waals surface area contributed by atoms with Crippen molar-refractivity contribution in [1.29, 1.82) is 0 Å². The van der Waals surface area contributed by atoms with Crippen LogP contribution in [0.1, 0.15) is 19.4 Å². The van der Waals surface area contributed by atoms with Gasteiger partial charge in [-0.25, -0.2) is 4.39 Å². The van der Waals surface area contributed by atoms with Gasteiger partial charge in [-0.05, 0) is 38.6 Å². The van der Waals surface area contributed by atoms with Gasteiger partial charge in [0, 0.05) is 13.1 Å². The molecule has 0 aromatic heterocycles. The van der Waals surface area contributed by atoms with Crippen molar-refractivity contribution < 1.29 is 14.3 Å². The maximum absolute atomic E-state index is 12.7. The van der Waals surface area contributed by atoms with Crippen LogP contribution in [0.3, 0.4) is 0 Å². The fourth-order valence-corrected chi connectivity index (χ4v) is 1.70. The van der Waals surface area contributed by atoms with Crippen LogP contribution >= 0.6 is 0 Å². The molecular formula is C13H18FNO2. The van der Waals surface area contributed by atoms with Crippen LogP contribution in [0.4, 0.5) is 4.39 Å². The Morgan fingerprint density at radius 3 is 2.35 bits per heavy atom. The maximum atomic E-state index is 12.7. The highest BCUT2D eigenvalue weighted by Crippen LogP contribution is 2.17. The average molecular weight is 239 g/mol. The standard InChI is InChI=1S/C13H18FNO2/c1-13(2,12(16)17)9-15(3)8-10-4-6-11(14)7-5-10/h4-7H,8-9H2,1-3H3,(H,16,17). The summed E-state index contributed by atoms with van der Waals surface area (Å²) >= 11 is 0. The Kier molecular flexibility index (Phi) is 4.23. The van der Waals surface area contributed by atoms with Crippen LogP contribution < -0.4 is 0 Å². The summed E-state index contributed by atoms with van der Waals surface area (Å²) in [5, 5.41) is 9.02. The van der Waals surface area contributed by atoms with Crippen molar-refractivity contribution in [2.75, 3.05) is 13.6 Å². The van der Waals surface area contributed by atoms with Gasteiger partial charge in [-0.1, -0.05) is 12.1 Å². The van der Waals surface area contributed by atoms with Gasteiger partial charge in [0.2, 0.25) is 0 Å². The molecular weight excluding hydrogens is 221 g/mol. The van der Waals surface area contributed by atoms with Crippen LogP contribution in [0.2, 0.25) is 0 Å². The van der Waals surface area contributed by atoms with Gasteiger partial charge in [-0.15, -0.1) is 0 Å². The zero-order chi connectivity index (χ0) is 13.1. The number of halogens is 1. The van der Waals surface area contributed by atoms with E-state index in [0.29, 0.717) is 13.1 Å². The summed E-state index contributed by atoms with van der Waals surface area (Å²) in [6.45, 7) is 4.43. The van der Waals surface area contributed by atoms with E-state index >= 15 is 0 Å². The highest BCUT2D eigenvalue weighted by molar-refractivity contribution is 5.73. The topological polar surface area (TPSA) is 40.5 Å². The molecule has 0 amide bonds. The zero-order valence-electron chi connectivity index (χ0n) is 10.4. The number of nitrogens with zero attached hydrogens (tertiary/aromatic N) is 1. The number of carbonyl (C=O) groups is 1. The molecule has 0 bridgehead atoms. The monoisotopic (exact) mass is 239 g/mol. The first kappa shape index (κ1) is 13.6. The third-order valence-corrected chi connectivity index (χ3v) is 2.61. The Morgan fingerprint density at radius 1 is 1.35 bits per heavy atom. The van der Waals surface area contributed by atoms with Crippen LogP contribution in [0.5, 0.6) is 0 Å². The number of benzene rings is 1. The Hall–Kier alpha value is -1.42. The van der Waals surface area contributed by atoms with Crippen molar-refractivity contribution in [1.82, 2.24) is 4.90 Å². The molecule has 0 atom stereocenters. The molecule has 0 saturated heterocycles. The molecule has 0 heterocycles. The molecule has 1 N–H and O–H groups in total. The minimum Gasteiger partial charge on any atom is -0.481 e. The zero-order valence-corrected chi connectivity index (χ0v) is 10.4. The van der Waals surface area contributed by atoms with E-state index < -0.39 is 11.4 Å². The molecule has 1 rings (SSSR count). The molecule has 1 aromatic carbocycles. The number of hydrogen-bond acceptors (Lipinski definition) is 2. The van der Waals surface area contributed by atoms with E-state index in [4.69, 9.17) is 5.11 Å². The van der Waals surface area contributed by atoms with Gasteiger partial charge >= 0.3 is 5.97 Å². The Labute approximate surface area is 101 Å². The molecule has 0 radical (unpaired) electrons. The van der Waals surface area contributed by atoms with Gasteiger partial charge in [0.05, 0.1) is 5.41 Å². The predicted octanol–water partition coefficient (Wildman–Crippen LogP) is 2.37. The van der Waals surface area contributed by atoms with E-state index in [2.05, 4.69) is 0 Å². The summed E-state index contributed by atoms with van der Waals surface area (Å²) < 4.78 is 12.7. The second-order valence-electron chi connectivity index (χ2n) is 4.99. The lowest BCUT2D eigenvalue weighted by Gasteiger charge is -2.26. The molecule has 3 nitrogen and oxygen atoms in total. The van der Waals surface area contributed by atoms with Crippen molar-refractivity contribution in [2.45, 2.75) is 20.4 Å². The van der Waals surface area contributed by atoms with Crippen LogP contribution in [0.15, 0.2) is 24.3 Å². The largest absolute Gasteiger partial charge is 0.481 e. The second kappa shape index (κ2) is 5.27. The van der Waals surface area contributed by atoms with Crippen molar-refractivity contribution >= 4 is 5.97 Å². The summed E-state index contributed by atoms with van der Waals surface area (Å²) in [4.78, 5) is 12.9. The van der Waals surface area contributed by atoms with Crippen molar-refractivity contribution in [3.05, 3.63) is 35.6 Å². The van der Waals surface area contributed by atoms with E-state index in [1.54, 1.807) is 26.0 Å². The Bertz CT molecular complexity index is 387. The van der Waals surface area contributed by atoms with Crippen LogP contribution in [-0.2, 0) is 11.3 Å². The highest BCUT2D eigenvalue weighted by atomic mass is 19.1. The SMILES string of the molecule is CN(Cc1ccc(F)cc1)CC(C)(C)C(=O)O. The molecule has 0 aliphatic rings. The van der Waals surface area contributed by atoms with Gasteiger partial charge in [0.25, 0.3) is 0 Å². The smallest absolute Gasteiger partial charge is 0.310 e. The first-order valence-electron chi connectivity index (χ1n) is 5.47. The normalized spacial score (nSPS) is 11.8. The third kappa shape index (κ3) is 4.15. The van der Waals surface area contributed by atoms with Gasteiger partial charge in [0.1, 0.15) is 5.82 Å². The van der Waals surface area contributed by atoms with E-state index in [1.165, 1.54) is 12.1 Å². The van der Waals surface area contributed by atoms with Crippen molar-refractivity contribution in [3.8, 4) is 0 Å². The van der Waals surface area contributed by atoms with Crippen molar-refractivity contribution in [2.24, 2.45) is 5.41 Å².